The van der Waals surface area contributed by atoms with E-state index in [9.17, 15) is 8.78 Å². The van der Waals surface area contributed by atoms with Gasteiger partial charge in [-0.2, -0.15) is 5.10 Å². The number of hydrogen-bond acceptors (Lipinski definition) is 6. The van der Waals surface area contributed by atoms with Crippen LogP contribution in [-0.4, -0.2) is 37.7 Å². The van der Waals surface area contributed by atoms with Gasteiger partial charge in [0.1, 0.15) is 23.5 Å². The van der Waals surface area contributed by atoms with E-state index in [0.717, 1.165) is 40.4 Å². The van der Waals surface area contributed by atoms with Crippen molar-refractivity contribution in [3.05, 3.63) is 88.3 Å². The molecule has 3 aromatic heterocycles. The van der Waals surface area contributed by atoms with Gasteiger partial charge < -0.3 is 10.6 Å². The van der Waals surface area contributed by atoms with Crippen LogP contribution in [0.15, 0.2) is 59.7 Å². The number of nitrogens with two attached hydrogens (primary N) is 1. The Kier molecular flexibility index (Phi) is 5.41. The number of aromatic nitrogens is 5. The van der Waals surface area contributed by atoms with E-state index < -0.39 is 17.2 Å². The van der Waals surface area contributed by atoms with Crippen LogP contribution >= 0.6 is 15.9 Å². The number of benzene rings is 1. The van der Waals surface area contributed by atoms with Crippen LogP contribution in [0.1, 0.15) is 30.3 Å². The normalized spacial score (nSPS) is 16.0. The minimum absolute atomic E-state index is 0.181. The molecule has 0 spiro atoms. The van der Waals surface area contributed by atoms with Crippen LogP contribution in [0, 0.1) is 11.6 Å². The molecule has 0 bridgehead atoms. The van der Waals surface area contributed by atoms with Crippen LogP contribution in [0.25, 0.3) is 11.1 Å². The molecule has 4 aromatic rings. The van der Waals surface area contributed by atoms with Gasteiger partial charge in [0.25, 0.3) is 0 Å². The van der Waals surface area contributed by atoms with Crippen molar-refractivity contribution < 1.29 is 8.78 Å². The van der Waals surface area contributed by atoms with E-state index in [4.69, 9.17) is 5.73 Å². The molecule has 5 rings (SSSR count). The highest BCUT2D eigenvalue weighted by Crippen LogP contribution is 2.30. The summed E-state index contributed by atoms with van der Waals surface area (Å²) in [7, 11) is 0. The maximum Gasteiger partial charge on any atom is 0.156 e. The summed E-state index contributed by atoms with van der Waals surface area (Å²) in [5.74, 6) is 0.117. The second kappa shape index (κ2) is 8.27. The van der Waals surface area contributed by atoms with Crippen LogP contribution in [-0.2, 0) is 5.54 Å². The minimum Gasteiger partial charge on any atom is -0.351 e. The van der Waals surface area contributed by atoms with Crippen molar-refractivity contribution in [2.45, 2.75) is 18.9 Å². The molecule has 7 nitrogen and oxygen atoms in total. The van der Waals surface area contributed by atoms with Gasteiger partial charge in [0.05, 0.1) is 5.54 Å². The maximum absolute atomic E-state index is 14.3. The number of fused-ring (bicyclic) bond motifs is 1. The molecule has 0 amide bonds. The maximum atomic E-state index is 14.3. The van der Waals surface area contributed by atoms with Crippen molar-refractivity contribution in [3.63, 3.8) is 0 Å². The Morgan fingerprint density at radius 3 is 2.61 bits per heavy atom. The highest BCUT2D eigenvalue weighted by molar-refractivity contribution is 9.10. The van der Waals surface area contributed by atoms with E-state index in [-0.39, 0.29) is 5.56 Å². The number of hydrogen-bond donors (Lipinski definition) is 1. The quantitative estimate of drug-likeness (QED) is 0.444. The summed E-state index contributed by atoms with van der Waals surface area (Å²) in [6.07, 6.45) is 9.46. The zero-order valence-electron chi connectivity index (χ0n) is 17.7. The van der Waals surface area contributed by atoms with Crippen molar-refractivity contribution in [3.8, 4) is 0 Å². The third kappa shape index (κ3) is 4.00. The fraction of sp³-hybridized carbons (Fsp3) is 0.217. The summed E-state index contributed by atoms with van der Waals surface area (Å²) in [6.45, 7) is 3.06. The van der Waals surface area contributed by atoms with Crippen molar-refractivity contribution in [1.29, 1.82) is 0 Å². The Morgan fingerprint density at radius 2 is 1.91 bits per heavy atom. The van der Waals surface area contributed by atoms with E-state index in [2.05, 4.69) is 47.0 Å². The molecule has 2 N–H and O–H groups in total. The number of anilines is 1. The molecule has 1 aromatic carbocycles. The number of rotatable bonds is 4. The van der Waals surface area contributed by atoms with Crippen molar-refractivity contribution in [2.24, 2.45) is 5.73 Å². The molecule has 10 heteroatoms. The highest BCUT2D eigenvalue weighted by atomic mass is 79.9. The average molecular weight is 512 g/mol. The summed E-state index contributed by atoms with van der Waals surface area (Å²) in [6, 6.07) is 5.36. The lowest BCUT2D eigenvalue weighted by atomic mass is 9.87. The van der Waals surface area contributed by atoms with Gasteiger partial charge in [-0.25, -0.2) is 28.2 Å². The lowest BCUT2D eigenvalue weighted by molar-refractivity contribution is 0.515. The van der Waals surface area contributed by atoms with Crippen LogP contribution < -0.4 is 10.6 Å². The van der Waals surface area contributed by atoms with E-state index in [1.54, 1.807) is 30.2 Å². The molecule has 1 aliphatic heterocycles. The van der Waals surface area contributed by atoms with Crippen molar-refractivity contribution >= 4 is 32.8 Å². The van der Waals surface area contributed by atoms with Gasteiger partial charge in [-0.15, -0.1) is 0 Å². The Hall–Kier alpha value is -3.24. The second-order valence-electron chi connectivity index (χ2n) is 8.12. The van der Waals surface area contributed by atoms with Gasteiger partial charge in [-0.1, -0.05) is 12.1 Å². The molecule has 33 heavy (non-hydrogen) atoms. The van der Waals surface area contributed by atoms with Gasteiger partial charge in [0.2, 0.25) is 0 Å². The molecule has 1 aliphatic rings. The zero-order chi connectivity index (χ0) is 23.2. The van der Waals surface area contributed by atoms with Crippen LogP contribution in [0.3, 0.4) is 0 Å². The molecule has 0 unspecified atom stereocenters. The predicted molar refractivity (Wildman–Crippen MR) is 125 cm³/mol. The molecule has 0 radical (unpaired) electrons. The molecule has 0 aliphatic carbocycles. The van der Waals surface area contributed by atoms with Gasteiger partial charge in [0.15, 0.2) is 11.6 Å². The fourth-order valence-electron chi connectivity index (χ4n) is 4.02. The van der Waals surface area contributed by atoms with Crippen molar-refractivity contribution in [2.75, 3.05) is 18.0 Å². The van der Waals surface area contributed by atoms with Gasteiger partial charge in [-0.05, 0) is 47.0 Å². The zero-order valence-corrected chi connectivity index (χ0v) is 19.3. The molecular formula is C23H20BrF2N7. The standard InChI is InChI=1S/C23H20BrF2N7/c1-23(27,18-3-2-17(25)9-19(18)26)15-10-28-21(29-11-15)14-4-6-32(7-5-14)22-20-8-16(24)12-33(20)31-13-30-22/h2-4,8-13H,5-7,27H2,1H3/t23-/m1/s1. The monoisotopic (exact) mass is 511 g/mol. The van der Waals surface area contributed by atoms with E-state index in [1.165, 1.54) is 12.1 Å². The Bertz CT molecular complexity index is 1370. The SMILES string of the molecule is C[C@@](N)(c1cnc(C2=CCN(c3ncnn4cc(Br)cc34)CC2)nc1)c1ccc(F)cc1F. The summed E-state index contributed by atoms with van der Waals surface area (Å²) in [4.78, 5) is 15.6. The first kappa shape index (κ1) is 21.6. The molecule has 0 saturated carbocycles. The Morgan fingerprint density at radius 1 is 1.12 bits per heavy atom. The van der Waals surface area contributed by atoms with Gasteiger partial charge in [-0.3, -0.25) is 0 Å². The smallest absolute Gasteiger partial charge is 0.156 e. The fourth-order valence-corrected chi connectivity index (χ4v) is 4.43. The molecule has 168 valence electrons. The lowest BCUT2D eigenvalue weighted by Crippen LogP contribution is -2.35. The number of nitrogens with zero attached hydrogens (tertiary/aromatic N) is 6. The minimum atomic E-state index is -1.20. The first-order chi connectivity index (χ1) is 15.8. The Labute approximate surface area is 197 Å². The summed E-state index contributed by atoms with van der Waals surface area (Å²) in [5, 5.41) is 4.24. The van der Waals surface area contributed by atoms with Crippen LogP contribution in [0.2, 0.25) is 0 Å². The first-order valence-electron chi connectivity index (χ1n) is 10.3. The third-order valence-electron chi connectivity index (χ3n) is 5.89. The van der Waals surface area contributed by atoms with Gasteiger partial charge in [0, 0.05) is 53.3 Å². The molecule has 0 fully saturated rings. The van der Waals surface area contributed by atoms with Crippen LogP contribution in [0.5, 0.6) is 0 Å². The molecule has 0 saturated heterocycles. The first-order valence-corrected chi connectivity index (χ1v) is 11.1. The molecular weight excluding hydrogens is 492 g/mol. The van der Waals surface area contributed by atoms with Crippen molar-refractivity contribution in [1.82, 2.24) is 24.6 Å². The second-order valence-corrected chi connectivity index (χ2v) is 9.03. The van der Waals surface area contributed by atoms with E-state index in [1.807, 2.05) is 12.3 Å². The third-order valence-corrected chi connectivity index (χ3v) is 6.32. The van der Waals surface area contributed by atoms with Gasteiger partial charge >= 0.3 is 0 Å². The largest absolute Gasteiger partial charge is 0.351 e. The molecule has 4 heterocycles. The topological polar surface area (TPSA) is 85.2 Å². The number of halogens is 3. The summed E-state index contributed by atoms with van der Waals surface area (Å²) < 4.78 is 30.3. The lowest BCUT2D eigenvalue weighted by Gasteiger charge is -2.28. The summed E-state index contributed by atoms with van der Waals surface area (Å²) >= 11 is 3.48. The predicted octanol–water partition coefficient (Wildman–Crippen LogP) is 4.08. The summed E-state index contributed by atoms with van der Waals surface area (Å²) in [5.41, 5.74) is 7.86. The average Bonchev–Trinajstić information content (AvgIpc) is 3.19. The Balaban J connectivity index is 1.36. The highest BCUT2D eigenvalue weighted by Gasteiger charge is 2.28. The molecule has 1 atom stereocenters. The van der Waals surface area contributed by atoms with E-state index in [0.29, 0.717) is 17.9 Å². The van der Waals surface area contributed by atoms with Crippen LogP contribution in [0.4, 0.5) is 14.6 Å². The van der Waals surface area contributed by atoms with E-state index >= 15 is 0 Å².